The molecule has 5 nitrogen and oxygen atoms in total. The summed E-state index contributed by atoms with van der Waals surface area (Å²) in [5, 5.41) is 0.520. The number of sulfonamides is 1. The lowest BCUT2D eigenvalue weighted by molar-refractivity contribution is 0.601. The monoisotopic (exact) mass is 375 g/mol. The maximum atomic E-state index is 12.7. The van der Waals surface area contributed by atoms with E-state index in [1.807, 2.05) is 24.6 Å². The Balaban J connectivity index is 2.09. The van der Waals surface area contributed by atoms with E-state index in [9.17, 15) is 8.42 Å². The van der Waals surface area contributed by atoms with Crippen LogP contribution in [0.3, 0.4) is 0 Å². The summed E-state index contributed by atoms with van der Waals surface area (Å²) in [6.07, 6.45) is 2.58. The Morgan fingerprint density at radius 2 is 1.88 bits per heavy atom. The second-order valence-electron chi connectivity index (χ2n) is 5.60. The molecule has 0 atom stereocenters. The molecule has 1 aromatic heterocycles. The van der Waals surface area contributed by atoms with Crippen molar-refractivity contribution >= 4 is 27.3 Å². The SMILES string of the molecule is CCc1nc(C)cn1-c1cc(Cl)ccc1NS(=O)(=O)c1ccccc1. The van der Waals surface area contributed by atoms with Crippen LogP contribution in [0, 0.1) is 6.92 Å². The summed E-state index contributed by atoms with van der Waals surface area (Å²) in [5.41, 5.74) is 1.94. The maximum absolute atomic E-state index is 12.7. The molecular weight excluding hydrogens is 358 g/mol. The van der Waals surface area contributed by atoms with Gasteiger partial charge >= 0.3 is 0 Å². The first kappa shape index (κ1) is 17.5. The van der Waals surface area contributed by atoms with Crippen LogP contribution >= 0.6 is 11.6 Å². The molecule has 0 aliphatic rings. The molecule has 2 aromatic carbocycles. The van der Waals surface area contributed by atoms with Crippen molar-refractivity contribution < 1.29 is 8.42 Å². The van der Waals surface area contributed by atoms with Gasteiger partial charge in [-0.05, 0) is 37.3 Å². The van der Waals surface area contributed by atoms with Crippen molar-refractivity contribution in [1.82, 2.24) is 9.55 Å². The minimum atomic E-state index is -3.70. The Morgan fingerprint density at radius 1 is 1.16 bits per heavy atom. The summed E-state index contributed by atoms with van der Waals surface area (Å²) in [4.78, 5) is 4.68. The fraction of sp³-hybridized carbons (Fsp3) is 0.167. The van der Waals surface area contributed by atoms with Crippen molar-refractivity contribution in [2.24, 2.45) is 0 Å². The van der Waals surface area contributed by atoms with E-state index in [1.165, 1.54) is 0 Å². The molecule has 0 amide bonds. The highest BCUT2D eigenvalue weighted by Gasteiger charge is 2.18. The van der Waals surface area contributed by atoms with Crippen LogP contribution < -0.4 is 4.72 Å². The van der Waals surface area contributed by atoms with Crippen LogP contribution in [-0.4, -0.2) is 18.0 Å². The number of halogens is 1. The Bertz CT molecular complexity index is 998. The van der Waals surface area contributed by atoms with Crippen LogP contribution in [0.4, 0.5) is 5.69 Å². The van der Waals surface area contributed by atoms with Crippen LogP contribution in [-0.2, 0) is 16.4 Å². The number of nitrogens with zero attached hydrogens (tertiary/aromatic N) is 2. The van der Waals surface area contributed by atoms with Crippen molar-refractivity contribution in [3.63, 3.8) is 0 Å². The largest absolute Gasteiger partial charge is 0.301 e. The van der Waals surface area contributed by atoms with Crippen molar-refractivity contribution in [2.75, 3.05) is 4.72 Å². The van der Waals surface area contributed by atoms with Crippen molar-refractivity contribution in [2.45, 2.75) is 25.2 Å². The lowest BCUT2D eigenvalue weighted by Crippen LogP contribution is -2.15. The van der Waals surface area contributed by atoms with E-state index in [-0.39, 0.29) is 4.90 Å². The molecule has 0 aliphatic carbocycles. The van der Waals surface area contributed by atoms with Gasteiger partial charge in [0.15, 0.2) is 0 Å². The minimum absolute atomic E-state index is 0.202. The molecule has 0 radical (unpaired) electrons. The highest BCUT2D eigenvalue weighted by atomic mass is 35.5. The fourth-order valence-electron chi connectivity index (χ4n) is 2.60. The zero-order valence-electron chi connectivity index (χ0n) is 13.9. The van der Waals surface area contributed by atoms with Crippen molar-refractivity contribution in [1.29, 1.82) is 0 Å². The standard InChI is InChI=1S/C18H18ClN3O2S/c1-3-18-20-13(2)12-22(18)17-11-14(19)9-10-16(17)21-25(23,24)15-7-5-4-6-8-15/h4-12,21H,3H2,1-2H3. The van der Waals surface area contributed by atoms with E-state index in [0.29, 0.717) is 22.8 Å². The smallest absolute Gasteiger partial charge is 0.261 e. The first-order valence-electron chi connectivity index (χ1n) is 7.83. The van der Waals surface area contributed by atoms with E-state index in [0.717, 1.165) is 11.5 Å². The number of nitrogens with one attached hydrogen (secondary N) is 1. The molecule has 0 fully saturated rings. The van der Waals surface area contributed by atoms with E-state index < -0.39 is 10.0 Å². The first-order valence-corrected chi connectivity index (χ1v) is 9.69. The van der Waals surface area contributed by atoms with Crippen LogP contribution in [0.25, 0.3) is 5.69 Å². The summed E-state index contributed by atoms with van der Waals surface area (Å²) in [7, 11) is -3.70. The normalized spacial score (nSPS) is 11.5. The van der Waals surface area contributed by atoms with E-state index >= 15 is 0 Å². The second-order valence-corrected chi connectivity index (χ2v) is 7.72. The van der Waals surface area contributed by atoms with Gasteiger partial charge in [0.25, 0.3) is 10.0 Å². The molecule has 1 heterocycles. The molecular formula is C18H18ClN3O2S. The molecule has 0 unspecified atom stereocenters. The number of hydrogen-bond donors (Lipinski definition) is 1. The minimum Gasteiger partial charge on any atom is -0.301 e. The number of imidazole rings is 1. The van der Waals surface area contributed by atoms with Gasteiger partial charge in [0, 0.05) is 17.6 Å². The molecule has 130 valence electrons. The molecule has 0 saturated carbocycles. The highest BCUT2D eigenvalue weighted by molar-refractivity contribution is 7.92. The van der Waals surface area contributed by atoms with Crippen LogP contribution in [0.5, 0.6) is 0 Å². The maximum Gasteiger partial charge on any atom is 0.261 e. The summed E-state index contributed by atoms with van der Waals surface area (Å²) >= 11 is 6.15. The number of benzene rings is 2. The quantitative estimate of drug-likeness (QED) is 0.726. The Kier molecular flexibility index (Phi) is 4.83. The van der Waals surface area contributed by atoms with Crippen LogP contribution in [0.1, 0.15) is 18.4 Å². The predicted octanol–water partition coefficient (Wildman–Crippen LogP) is 4.20. The predicted molar refractivity (Wildman–Crippen MR) is 99.9 cm³/mol. The number of aromatic nitrogens is 2. The van der Waals surface area contributed by atoms with Gasteiger partial charge in [0.05, 0.1) is 22.0 Å². The van der Waals surface area contributed by atoms with Crippen molar-refractivity contribution in [3.05, 3.63) is 71.3 Å². The average Bonchev–Trinajstić information content (AvgIpc) is 2.98. The fourth-order valence-corrected chi connectivity index (χ4v) is 3.86. The molecule has 3 aromatic rings. The van der Waals surface area contributed by atoms with Gasteiger partial charge in [0.1, 0.15) is 5.82 Å². The molecule has 0 aliphatic heterocycles. The highest BCUT2D eigenvalue weighted by Crippen LogP contribution is 2.28. The lowest BCUT2D eigenvalue weighted by atomic mass is 10.2. The Labute approximate surface area is 152 Å². The van der Waals surface area contributed by atoms with Gasteiger partial charge in [-0.1, -0.05) is 36.7 Å². The number of hydrogen-bond acceptors (Lipinski definition) is 3. The molecule has 7 heteroatoms. The molecule has 1 N–H and O–H groups in total. The number of aryl methyl sites for hydroxylation is 2. The molecule has 0 spiro atoms. The topological polar surface area (TPSA) is 64.0 Å². The van der Waals surface area contributed by atoms with Gasteiger partial charge in [-0.25, -0.2) is 13.4 Å². The second kappa shape index (κ2) is 6.90. The Morgan fingerprint density at radius 3 is 2.56 bits per heavy atom. The van der Waals surface area contributed by atoms with Gasteiger partial charge in [0.2, 0.25) is 0 Å². The zero-order valence-corrected chi connectivity index (χ0v) is 15.5. The van der Waals surface area contributed by atoms with Gasteiger partial charge in [-0.3, -0.25) is 4.72 Å². The Hall–Kier alpha value is -2.31. The third-order valence-corrected chi connectivity index (χ3v) is 5.35. The van der Waals surface area contributed by atoms with Gasteiger partial charge in [-0.2, -0.15) is 0 Å². The van der Waals surface area contributed by atoms with E-state index in [4.69, 9.17) is 11.6 Å². The summed E-state index contributed by atoms with van der Waals surface area (Å²) in [6, 6.07) is 13.3. The average molecular weight is 376 g/mol. The summed E-state index contributed by atoms with van der Waals surface area (Å²) in [5.74, 6) is 0.833. The lowest BCUT2D eigenvalue weighted by Gasteiger charge is -2.15. The number of rotatable bonds is 5. The molecule has 25 heavy (non-hydrogen) atoms. The third kappa shape index (κ3) is 3.70. The van der Waals surface area contributed by atoms with Gasteiger partial charge in [-0.15, -0.1) is 0 Å². The van der Waals surface area contributed by atoms with Crippen LogP contribution in [0.2, 0.25) is 5.02 Å². The zero-order chi connectivity index (χ0) is 18.0. The van der Waals surface area contributed by atoms with Crippen molar-refractivity contribution in [3.8, 4) is 5.69 Å². The van der Waals surface area contributed by atoms with Gasteiger partial charge < -0.3 is 4.57 Å². The molecule has 0 saturated heterocycles. The van der Waals surface area contributed by atoms with E-state index in [1.54, 1.807) is 48.5 Å². The van der Waals surface area contributed by atoms with Crippen LogP contribution in [0.15, 0.2) is 59.6 Å². The summed E-state index contributed by atoms with van der Waals surface area (Å²) in [6.45, 7) is 3.89. The molecule has 3 rings (SSSR count). The molecule has 0 bridgehead atoms. The summed E-state index contributed by atoms with van der Waals surface area (Å²) < 4.78 is 29.8. The third-order valence-electron chi connectivity index (χ3n) is 3.73. The first-order chi connectivity index (χ1) is 11.9. The van der Waals surface area contributed by atoms with E-state index in [2.05, 4.69) is 9.71 Å². The number of anilines is 1.